The van der Waals surface area contributed by atoms with Gasteiger partial charge in [0.05, 0.1) is 12.0 Å². The second-order valence-corrected chi connectivity index (χ2v) is 5.10. The Bertz CT molecular complexity index is 475. The lowest BCUT2D eigenvalue weighted by molar-refractivity contribution is -0.148. The van der Waals surface area contributed by atoms with Gasteiger partial charge >= 0.3 is 12.0 Å². The van der Waals surface area contributed by atoms with Crippen LogP contribution in [-0.4, -0.2) is 50.3 Å². The molecule has 1 aromatic rings. The van der Waals surface area contributed by atoms with Crippen LogP contribution in [0.15, 0.2) is 6.33 Å². The molecule has 1 aromatic heterocycles. The molecule has 0 spiro atoms. The van der Waals surface area contributed by atoms with Gasteiger partial charge in [0.2, 0.25) is 0 Å². The molecule has 8 heteroatoms. The third-order valence-electron chi connectivity index (χ3n) is 3.70. The van der Waals surface area contributed by atoms with E-state index < -0.39 is 11.4 Å². The summed E-state index contributed by atoms with van der Waals surface area (Å²) in [6, 6.07) is -0.263. The fourth-order valence-corrected chi connectivity index (χ4v) is 2.60. The molecule has 8 nitrogen and oxygen atoms in total. The van der Waals surface area contributed by atoms with Crippen LogP contribution < -0.4 is 5.32 Å². The topological polar surface area (TPSA) is 111 Å². The average Bonchev–Trinajstić information content (AvgIpc) is 3.06. The predicted octanol–water partition coefficient (Wildman–Crippen LogP) is 0.591. The molecule has 1 aliphatic heterocycles. The molecule has 1 unspecified atom stereocenters. The second-order valence-electron chi connectivity index (χ2n) is 5.10. The van der Waals surface area contributed by atoms with Crippen LogP contribution in [-0.2, 0) is 11.3 Å². The van der Waals surface area contributed by atoms with Crippen molar-refractivity contribution in [2.75, 3.05) is 13.1 Å². The number of carbonyl (C=O) groups is 2. The molecule has 0 radical (unpaired) electrons. The van der Waals surface area contributed by atoms with E-state index in [-0.39, 0.29) is 19.1 Å². The summed E-state index contributed by atoms with van der Waals surface area (Å²) in [5.74, 6) is -0.250. The highest BCUT2D eigenvalue weighted by atomic mass is 16.4. The Morgan fingerprint density at radius 2 is 2.40 bits per heavy atom. The Hall–Kier alpha value is -2.12. The van der Waals surface area contributed by atoms with Crippen molar-refractivity contribution < 1.29 is 14.7 Å². The number of nitrogens with one attached hydrogen (secondary N) is 2. The summed E-state index contributed by atoms with van der Waals surface area (Å²) >= 11 is 0. The monoisotopic (exact) mass is 281 g/mol. The zero-order valence-corrected chi connectivity index (χ0v) is 11.4. The van der Waals surface area contributed by atoms with E-state index in [0.717, 1.165) is 6.42 Å². The van der Waals surface area contributed by atoms with E-state index in [1.165, 1.54) is 6.33 Å². The summed E-state index contributed by atoms with van der Waals surface area (Å²) in [6.45, 7) is 2.94. The highest BCUT2D eigenvalue weighted by molar-refractivity contribution is 5.79. The molecular formula is C12H19N5O3. The number of rotatable bonds is 5. The van der Waals surface area contributed by atoms with Crippen molar-refractivity contribution in [3.63, 3.8) is 0 Å². The molecule has 2 heterocycles. The molecule has 0 bridgehead atoms. The van der Waals surface area contributed by atoms with Gasteiger partial charge in [0.1, 0.15) is 12.2 Å². The third-order valence-corrected chi connectivity index (χ3v) is 3.70. The zero-order valence-electron chi connectivity index (χ0n) is 11.4. The van der Waals surface area contributed by atoms with Crippen molar-refractivity contribution in [1.82, 2.24) is 25.4 Å². The maximum absolute atomic E-state index is 12.0. The minimum atomic E-state index is -0.815. The minimum absolute atomic E-state index is 0.253. The molecule has 1 fully saturated rings. The number of nitrogens with zero attached hydrogens (tertiary/aromatic N) is 3. The van der Waals surface area contributed by atoms with Crippen molar-refractivity contribution >= 4 is 12.0 Å². The lowest BCUT2D eigenvalue weighted by atomic mass is 9.83. The first-order valence-electron chi connectivity index (χ1n) is 6.68. The van der Waals surface area contributed by atoms with Crippen LogP contribution in [0.1, 0.15) is 32.0 Å². The van der Waals surface area contributed by atoms with Gasteiger partial charge in [-0.15, -0.1) is 0 Å². The Morgan fingerprint density at radius 3 is 3.00 bits per heavy atom. The van der Waals surface area contributed by atoms with Crippen LogP contribution >= 0.6 is 0 Å². The first-order chi connectivity index (χ1) is 9.57. The quantitative estimate of drug-likeness (QED) is 0.731. The number of aromatic nitrogens is 3. The van der Waals surface area contributed by atoms with E-state index in [9.17, 15) is 14.7 Å². The number of hydrogen-bond acceptors (Lipinski definition) is 4. The van der Waals surface area contributed by atoms with Crippen molar-refractivity contribution in [2.24, 2.45) is 5.41 Å². The van der Waals surface area contributed by atoms with Gasteiger partial charge in [0.15, 0.2) is 0 Å². The summed E-state index contributed by atoms with van der Waals surface area (Å²) in [5, 5.41) is 18.4. The lowest BCUT2D eigenvalue weighted by Crippen LogP contribution is -2.41. The lowest BCUT2D eigenvalue weighted by Gasteiger charge is -2.24. The Labute approximate surface area is 116 Å². The van der Waals surface area contributed by atoms with Crippen LogP contribution in [0.4, 0.5) is 4.79 Å². The normalized spacial score (nSPS) is 21.9. The van der Waals surface area contributed by atoms with Crippen LogP contribution in [0, 0.1) is 5.41 Å². The standard InChI is InChI=1S/C12H19N5O3/c1-2-3-12(10(18)19)4-5-17(7-12)11(20)13-6-9-14-8-15-16-9/h8H,2-7H2,1H3,(H,13,20)(H,18,19)(H,14,15,16). The van der Waals surface area contributed by atoms with Gasteiger partial charge in [-0.2, -0.15) is 5.10 Å². The predicted molar refractivity (Wildman–Crippen MR) is 69.8 cm³/mol. The second kappa shape index (κ2) is 5.89. The largest absolute Gasteiger partial charge is 0.481 e. The Balaban J connectivity index is 1.90. The number of aliphatic carboxylic acids is 1. The molecule has 1 aliphatic rings. The molecule has 1 atom stereocenters. The van der Waals surface area contributed by atoms with Gasteiger partial charge in [-0.05, 0) is 12.8 Å². The number of amides is 2. The van der Waals surface area contributed by atoms with Crippen molar-refractivity contribution in [1.29, 1.82) is 0 Å². The highest BCUT2D eigenvalue weighted by Crippen LogP contribution is 2.35. The summed E-state index contributed by atoms with van der Waals surface area (Å²) in [4.78, 5) is 28.9. The molecule has 2 amide bonds. The van der Waals surface area contributed by atoms with Crippen molar-refractivity contribution in [3.8, 4) is 0 Å². The van der Waals surface area contributed by atoms with E-state index in [1.54, 1.807) is 4.90 Å². The van der Waals surface area contributed by atoms with Crippen molar-refractivity contribution in [3.05, 3.63) is 12.2 Å². The minimum Gasteiger partial charge on any atom is -0.481 e. The highest BCUT2D eigenvalue weighted by Gasteiger charge is 2.45. The number of carbonyl (C=O) groups excluding carboxylic acids is 1. The molecule has 110 valence electrons. The molecule has 3 N–H and O–H groups in total. The molecule has 0 aliphatic carbocycles. The third kappa shape index (κ3) is 2.89. The summed E-state index contributed by atoms with van der Waals surface area (Å²) < 4.78 is 0. The number of H-pyrrole nitrogens is 1. The fraction of sp³-hybridized carbons (Fsp3) is 0.667. The van der Waals surface area contributed by atoms with E-state index in [4.69, 9.17) is 0 Å². The van der Waals surface area contributed by atoms with Gasteiger partial charge < -0.3 is 15.3 Å². The molecule has 1 saturated heterocycles. The SMILES string of the molecule is CCCC1(C(=O)O)CCN(C(=O)NCc2ncn[nH]2)C1. The molecule has 0 aromatic carbocycles. The van der Waals surface area contributed by atoms with Crippen LogP contribution in [0.2, 0.25) is 0 Å². The Kier molecular flexibility index (Phi) is 4.21. The number of aromatic amines is 1. The molecule has 0 saturated carbocycles. The van der Waals surface area contributed by atoms with Gasteiger partial charge in [-0.25, -0.2) is 9.78 Å². The van der Waals surface area contributed by atoms with E-state index in [2.05, 4.69) is 20.5 Å². The zero-order chi connectivity index (χ0) is 14.6. The summed E-state index contributed by atoms with van der Waals surface area (Å²) in [7, 11) is 0. The van der Waals surface area contributed by atoms with Gasteiger partial charge in [-0.1, -0.05) is 13.3 Å². The fourth-order valence-electron chi connectivity index (χ4n) is 2.60. The maximum Gasteiger partial charge on any atom is 0.317 e. The molecule has 20 heavy (non-hydrogen) atoms. The summed E-state index contributed by atoms with van der Waals surface area (Å²) in [5.41, 5.74) is -0.793. The number of carboxylic acids is 1. The van der Waals surface area contributed by atoms with Gasteiger partial charge in [-0.3, -0.25) is 9.89 Å². The first-order valence-corrected chi connectivity index (χ1v) is 6.68. The van der Waals surface area contributed by atoms with E-state index >= 15 is 0 Å². The number of hydrogen-bond donors (Lipinski definition) is 3. The van der Waals surface area contributed by atoms with Gasteiger partial charge in [0.25, 0.3) is 0 Å². The van der Waals surface area contributed by atoms with Crippen LogP contribution in [0.25, 0.3) is 0 Å². The Morgan fingerprint density at radius 1 is 1.60 bits per heavy atom. The smallest absolute Gasteiger partial charge is 0.317 e. The number of likely N-dealkylation sites (tertiary alicyclic amines) is 1. The number of urea groups is 1. The summed E-state index contributed by atoms with van der Waals surface area (Å²) in [6.07, 6.45) is 3.26. The van der Waals surface area contributed by atoms with Crippen molar-refractivity contribution in [2.45, 2.75) is 32.7 Å². The van der Waals surface area contributed by atoms with E-state index in [0.29, 0.717) is 25.2 Å². The maximum atomic E-state index is 12.0. The van der Waals surface area contributed by atoms with Crippen LogP contribution in [0.5, 0.6) is 0 Å². The van der Waals surface area contributed by atoms with E-state index in [1.807, 2.05) is 6.92 Å². The first kappa shape index (κ1) is 14.3. The number of carboxylic acid groups (broad SMARTS) is 1. The van der Waals surface area contributed by atoms with Gasteiger partial charge in [0, 0.05) is 13.1 Å². The molecule has 2 rings (SSSR count). The molecular weight excluding hydrogens is 262 g/mol. The van der Waals surface area contributed by atoms with Crippen LogP contribution in [0.3, 0.4) is 0 Å². The average molecular weight is 281 g/mol.